The van der Waals surface area contributed by atoms with E-state index in [4.69, 9.17) is 4.42 Å². The van der Waals surface area contributed by atoms with Gasteiger partial charge in [-0.2, -0.15) is 0 Å². The molecule has 2 heterocycles. The van der Waals surface area contributed by atoms with Crippen molar-refractivity contribution in [3.63, 3.8) is 0 Å². The average Bonchev–Trinajstić information content (AvgIpc) is 3.25. The topological polar surface area (TPSA) is 84.2 Å². The molecule has 0 saturated carbocycles. The standard InChI is InChI=1S/C20H23N3O3S/c1-12(22-19(25)20(2,3)4)17(24)21-11-13-9-10-15(26-13)18-23-14-7-5-6-8-16(14)27-18/h5-10,12H,11H2,1-4H3,(H,21,24)(H,22,25). The molecule has 1 atom stereocenters. The van der Waals surface area contributed by atoms with Crippen LogP contribution >= 0.6 is 11.3 Å². The van der Waals surface area contributed by atoms with Crippen molar-refractivity contribution in [1.82, 2.24) is 15.6 Å². The summed E-state index contributed by atoms with van der Waals surface area (Å²) in [6.07, 6.45) is 0. The fraction of sp³-hybridized carbons (Fsp3) is 0.350. The first-order valence-electron chi connectivity index (χ1n) is 8.77. The first kappa shape index (κ1) is 19.1. The van der Waals surface area contributed by atoms with E-state index in [0.29, 0.717) is 11.5 Å². The Morgan fingerprint density at radius 1 is 1.19 bits per heavy atom. The summed E-state index contributed by atoms with van der Waals surface area (Å²) in [5.41, 5.74) is 0.397. The van der Waals surface area contributed by atoms with E-state index in [9.17, 15) is 9.59 Å². The number of carbonyl (C=O) groups is 2. The number of hydrogen-bond donors (Lipinski definition) is 2. The molecule has 7 heteroatoms. The van der Waals surface area contributed by atoms with E-state index in [-0.39, 0.29) is 18.4 Å². The van der Waals surface area contributed by atoms with Gasteiger partial charge in [0.25, 0.3) is 0 Å². The Morgan fingerprint density at radius 2 is 1.93 bits per heavy atom. The van der Waals surface area contributed by atoms with E-state index in [0.717, 1.165) is 15.2 Å². The van der Waals surface area contributed by atoms with Crippen LogP contribution in [0.2, 0.25) is 0 Å². The van der Waals surface area contributed by atoms with Crippen LogP contribution in [0.3, 0.4) is 0 Å². The third-order valence-electron chi connectivity index (χ3n) is 4.03. The van der Waals surface area contributed by atoms with Crippen molar-refractivity contribution < 1.29 is 14.0 Å². The quantitative estimate of drug-likeness (QED) is 0.701. The zero-order chi connectivity index (χ0) is 19.6. The van der Waals surface area contributed by atoms with Gasteiger partial charge in [-0.3, -0.25) is 9.59 Å². The molecule has 1 unspecified atom stereocenters. The van der Waals surface area contributed by atoms with Crippen molar-refractivity contribution in [1.29, 1.82) is 0 Å². The number of benzene rings is 1. The maximum absolute atomic E-state index is 12.2. The summed E-state index contributed by atoms with van der Waals surface area (Å²) in [5, 5.41) is 6.30. The second kappa shape index (κ2) is 7.52. The lowest BCUT2D eigenvalue weighted by molar-refractivity contribution is -0.133. The number of fused-ring (bicyclic) bond motifs is 1. The highest BCUT2D eigenvalue weighted by molar-refractivity contribution is 7.21. The first-order chi connectivity index (χ1) is 12.7. The van der Waals surface area contributed by atoms with Crippen molar-refractivity contribution in [2.45, 2.75) is 40.3 Å². The van der Waals surface area contributed by atoms with Crippen LogP contribution in [0.1, 0.15) is 33.5 Å². The lowest BCUT2D eigenvalue weighted by Gasteiger charge is -2.21. The van der Waals surface area contributed by atoms with Crippen LogP contribution < -0.4 is 10.6 Å². The second-order valence-corrected chi connectivity index (χ2v) is 8.45. The van der Waals surface area contributed by atoms with Gasteiger partial charge in [0.05, 0.1) is 16.8 Å². The summed E-state index contributed by atoms with van der Waals surface area (Å²) < 4.78 is 6.91. The summed E-state index contributed by atoms with van der Waals surface area (Å²) >= 11 is 1.56. The van der Waals surface area contributed by atoms with Crippen LogP contribution in [0.25, 0.3) is 21.0 Å². The third-order valence-corrected chi connectivity index (χ3v) is 5.08. The lowest BCUT2D eigenvalue weighted by Crippen LogP contribution is -2.48. The predicted octanol–water partition coefficient (Wildman–Crippen LogP) is 3.72. The minimum Gasteiger partial charge on any atom is -0.457 e. The van der Waals surface area contributed by atoms with Gasteiger partial charge in [-0.15, -0.1) is 11.3 Å². The molecule has 0 aliphatic heterocycles. The zero-order valence-corrected chi connectivity index (χ0v) is 16.6. The molecule has 3 rings (SSSR count). The van der Waals surface area contributed by atoms with Crippen LogP contribution in [0.5, 0.6) is 0 Å². The highest BCUT2D eigenvalue weighted by Crippen LogP contribution is 2.31. The Labute approximate surface area is 162 Å². The predicted molar refractivity (Wildman–Crippen MR) is 106 cm³/mol. The van der Waals surface area contributed by atoms with E-state index in [1.807, 2.05) is 36.4 Å². The fourth-order valence-corrected chi connectivity index (χ4v) is 3.30. The Balaban J connectivity index is 1.59. The van der Waals surface area contributed by atoms with Gasteiger partial charge in [0.15, 0.2) is 10.8 Å². The number of amides is 2. The van der Waals surface area contributed by atoms with Gasteiger partial charge in [-0.05, 0) is 31.2 Å². The summed E-state index contributed by atoms with van der Waals surface area (Å²) in [5.74, 6) is 0.883. The number of carbonyl (C=O) groups excluding carboxylic acids is 2. The molecule has 6 nitrogen and oxygen atoms in total. The van der Waals surface area contributed by atoms with Gasteiger partial charge in [-0.1, -0.05) is 32.9 Å². The highest BCUT2D eigenvalue weighted by Gasteiger charge is 2.25. The van der Waals surface area contributed by atoms with Crippen molar-refractivity contribution in [3.8, 4) is 10.8 Å². The molecule has 0 radical (unpaired) electrons. The van der Waals surface area contributed by atoms with Gasteiger partial charge in [0.1, 0.15) is 11.8 Å². The van der Waals surface area contributed by atoms with Gasteiger partial charge < -0.3 is 15.1 Å². The lowest BCUT2D eigenvalue weighted by atomic mass is 9.95. The molecule has 142 valence electrons. The number of furan rings is 1. The van der Waals surface area contributed by atoms with Gasteiger partial charge >= 0.3 is 0 Å². The number of rotatable bonds is 5. The van der Waals surface area contributed by atoms with Crippen LogP contribution in [-0.2, 0) is 16.1 Å². The van der Waals surface area contributed by atoms with E-state index < -0.39 is 11.5 Å². The molecule has 0 fully saturated rings. The van der Waals surface area contributed by atoms with Gasteiger partial charge in [0, 0.05) is 5.41 Å². The van der Waals surface area contributed by atoms with E-state index in [1.54, 1.807) is 39.0 Å². The monoisotopic (exact) mass is 385 g/mol. The second-order valence-electron chi connectivity index (χ2n) is 7.42. The average molecular weight is 385 g/mol. The van der Waals surface area contributed by atoms with E-state index in [2.05, 4.69) is 15.6 Å². The number of nitrogens with zero attached hydrogens (tertiary/aromatic N) is 1. The molecule has 2 aromatic heterocycles. The molecule has 1 aromatic carbocycles. The van der Waals surface area contributed by atoms with Crippen molar-refractivity contribution in [3.05, 3.63) is 42.2 Å². The Bertz CT molecular complexity index is 935. The molecule has 0 aliphatic rings. The van der Waals surface area contributed by atoms with Crippen LogP contribution in [-0.4, -0.2) is 22.8 Å². The minimum atomic E-state index is -0.615. The number of aromatic nitrogens is 1. The molecule has 0 saturated heterocycles. The molecular formula is C20H23N3O3S. The van der Waals surface area contributed by atoms with E-state index >= 15 is 0 Å². The fourth-order valence-electron chi connectivity index (χ4n) is 2.37. The molecule has 2 amide bonds. The number of nitrogens with one attached hydrogen (secondary N) is 2. The van der Waals surface area contributed by atoms with Gasteiger partial charge in [0.2, 0.25) is 11.8 Å². The largest absolute Gasteiger partial charge is 0.457 e. The van der Waals surface area contributed by atoms with Gasteiger partial charge in [-0.25, -0.2) is 4.98 Å². The molecule has 3 aromatic rings. The van der Waals surface area contributed by atoms with Crippen LogP contribution in [0, 0.1) is 5.41 Å². The Hall–Kier alpha value is -2.67. The SMILES string of the molecule is CC(NC(=O)C(C)(C)C)C(=O)NCc1ccc(-c2nc3ccccc3s2)o1. The van der Waals surface area contributed by atoms with Crippen LogP contribution in [0.15, 0.2) is 40.8 Å². The zero-order valence-electron chi connectivity index (χ0n) is 15.8. The van der Waals surface area contributed by atoms with Crippen molar-refractivity contribution in [2.24, 2.45) is 5.41 Å². The minimum absolute atomic E-state index is 0.165. The molecule has 0 bridgehead atoms. The van der Waals surface area contributed by atoms with E-state index in [1.165, 1.54) is 0 Å². The Morgan fingerprint density at radius 3 is 2.63 bits per heavy atom. The highest BCUT2D eigenvalue weighted by atomic mass is 32.1. The summed E-state index contributed by atoms with van der Waals surface area (Å²) in [7, 11) is 0. The molecule has 0 aliphatic carbocycles. The first-order valence-corrected chi connectivity index (χ1v) is 9.59. The number of hydrogen-bond acceptors (Lipinski definition) is 5. The normalized spacial score (nSPS) is 12.7. The Kier molecular flexibility index (Phi) is 5.32. The number of para-hydroxylation sites is 1. The smallest absolute Gasteiger partial charge is 0.242 e. The summed E-state index contributed by atoms with van der Waals surface area (Å²) in [6.45, 7) is 7.32. The molecule has 27 heavy (non-hydrogen) atoms. The molecular weight excluding hydrogens is 362 g/mol. The van der Waals surface area contributed by atoms with Crippen LogP contribution in [0.4, 0.5) is 0 Å². The maximum atomic E-state index is 12.2. The summed E-state index contributed by atoms with van der Waals surface area (Å²) in [6, 6.07) is 11.0. The maximum Gasteiger partial charge on any atom is 0.242 e. The van der Waals surface area contributed by atoms with Crippen molar-refractivity contribution in [2.75, 3.05) is 0 Å². The third kappa shape index (κ3) is 4.54. The van der Waals surface area contributed by atoms with Crippen molar-refractivity contribution >= 4 is 33.4 Å². The summed E-state index contributed by atoms with van der Waals surface area (Å²) in [4.78, 5) is 28.7. The molecule has 2 N–H and O–H groups in total. The molecule has 0 spiro atoms. The number of thiazole rings is 1.